The van der Waals surface area contributed by atoms with Gasteiger partial charge in [0.15, 0.2) is 0 Å². The van der Waals surface area contributed by atoms with Gasteiger partial charge < -0.3 is 10.6 Å². The standard InChI is InChI=1S/C16H20N4/c1-10-7-12(10)9-20(2)16-13(15(17)18)8-11-5-3-4-6-14(11)19-16/h3-6,8,10,12H,7,9H2,1-2H3,(H3,17,18). The molecule has 0 amide bonds. The van der Waals surface area contributed by atoms with Crippen LogP contribution in [0.1, 0.15) is 18.9 Å². The van der Waals surface area contributed by atoms with Crippen LogP contribution in [0.25, 0.3) is 10.9 Å². The highest BCUT2D eigenvalue weighted by Gasteiger charge is 2.33. The van der Waals surface area contributed by atoms with Crippen LogP contribution in [0.4, 0.5) is 5.82 Å². The summed E-state index contributed by atoms with van der Waals surface area (Å²) in [6.45, 7) is 3.25. The van der Waals surface area contributed by atoms with Crippen LogP contribution >= 0.6 is 0 Å². The average Bonchev–Trinajstić information content (AvgIpc) is 3.12. The number of para-hydroxylation sites is 1. The van der Waals surface area contributed by atoms with Gasteiger partial charge in [0.05, 0.1) is 11.1 Å². The molecule has 1 aromatic heterocycles. The van der Waals surface area contributed by atoms with Crippen molar-refractivity contribution in [1.82, 2.24) is 4.98 Å². The highest BCUT2D eigenvalue weighted by Crippen LogP contribution is 2.39. The molecule has 1 aromatic carbocycles. The second-order valence-corrected chi connectivity index (χ2v) is 5.82. The smallest absolute Gasteiger partial charge is 0.140 e. The Hall–Kier alpha value is -2.10. The van der Waals surface area contributed by atoms with E-state index in [1.165, 1.54) is 6.42 Å². The lowest BCUT2D eigenvalue weighted by atomic mass is 10.1. The third-order valence-electron chi connectivity index (χ3n) is 4.14. The number of pyridine rings is 1. The number of nitrogen functional groups attached to an aromatic ring is 1. The summed E-state index contributed by atoms with van der Waals surface area (Å²) < 4.78 is 0. The number of amidine groups is 1. The van der Waals surface area contributed by atoms with Crippen molar-refractivity contribution in [3.05, 3.63) is 35.9 Å². The molecule has 3 rings (SSSR count). The number of aromatic nitrogens is 1. The van der Waals surface area contributed by atoms with E-state index in [2.05, 4.69) is 11.8 Å². The zero-order valence-corrected chi connectivity index (χ0v) is 11.9. The van der Waals surface area contributed by atoms with Crippen LogP contribution in [0.2, 0.25) is 0 Å². The Balaban J connectivity index is 2.02. The summed E-state index contributed by atoms with van der Waals surface area (Å²) in [4.78, 5) is 6.84. The number of nitrogens with two attached hydrogens (primary N) is 1. The number of hydrogen-bond donors (Lipinski definition) is 2. The predicted octanol–water partition coefficient (Wildman–Crippen LogP) is 2.61. The number of fused-ring (bicyclic) bond motifs is 1. The minimum atomic E-state index is 0.0777. The molecule has 104 valence electrons. The largest absolute Gasteiger partial charge is 0.384 e. The van der Waals surface area contributed by atoms with Gasteiger partial charge in [-0.15, -0.1) is 0 Å². The molecule has 2 atom stereocenters. The van der Waals surface area contributed by atoms with Crippen molar-refractivity contribution >= 4 is 22.6 Å². The molecule has 2 unspecified atom stereocenters. The van der Waals surface area contributed by atoms with Crippen LogP contribution in [-0.4, -0.2) is 24.4 Å². The van der Waals surface area contributed by atoms with E-state index in [0.29, 0.717) is 0 Å². The molecule has 2 aromatic rings. The Labute approximate surface area is 119 Å². The van der Waals surface area contributed by atoms with Gasteiger partial charge in [0, 0.05) is 19.0 Å². The summed E-state index contributed by atoms with van der Waals surface area (Å²) in [5.41, 5.74) is 7.40. The van der Waals surface area contributed by atoms with Gasteiger partial charge in [-0.3, -0.25) is 5.41 Å². The van der Waals surface area contributed by atoms with Gasteiger partial charge in [0.2, 0.25) is 0 Å². The molecular weight excluding hydrogens is 248 g/mol. The van der Waals surface area contributed by atoms with Gasteiger partial charge in [-0.25, -0.2) is 4.98 Å². The van der Waals surface area contributed by atoms with Gasteiger partial charge in [0.1, 0.15) is 11.7 Å². The molecule has 1 aliphatic rings. The number of benzene rings is 1. The molecular formula is C16H20N4. The second kappa shape index (κ2) is 4.78. The van der Waals surface area contributed by atoms with Gasteiger partial charge in [0.25, 0.3) is 0 Å². The van der Waals surface area contributed by atoms with E-state index in [-0.39, 0.29) is 5.84 Å². The third kappa shape index (κ3) is 2.33. The molecule has 20 heavy (non-hydrogen) atoms. The summed E-state index contributed by atoms with van der Waals surface area (Å²) in [5, 5.41) is 8.82. The lowest BCUT2D eigenvalue weighted by Gasteiger charge is -2.21. The fourth-order valence-electron chi connectivity index (χ4n) is 2.69. The van der Waals surface area contributed by atoms with E-state index in [9.17, 15) is 0 Å². The van der Waals surface area contributed by atoms with Crippen LogP contribution in [0.5, 0.6) is 0 Å². The van der Waals surface area contributed by atoms with Crippen LogP contribution in [0.3, 0.4) is 0 Å². The first kappa shape index (κ1) is 12.9. The minimum absolute atomic E-state index is 0.0777. The number of nitrogens with one attached hydrogen (secondary N) is 1. The molecule has 1 aliphatic carbocycles. The SMILES string of the molecule is CC1CC1CN(C)c1nc2ccccc2cc1C(=N)N. The lowest BCUT2D eigenvalue weighted by molar-refractivity contribution is 0.720. The van der Waals surface area contributed by atoms with Gasteiger partial charge in [-0.1, -0.05) is 25.1 Å². The van der Waals surface area contributed by atoms with Crippen molar-refractivity contribution in [2.45, 2.75) is 13.3 Å². The first-order valence-corrected chi connectivity index (χ1v) is 7.01. The maximum atomic E-state index is 7.79. The number of rotatable bonds is 4. The van der Waals surface area contributed by atoms with Crippen LogP contribution in [0, 0.1) is 17.2 Å². The topological polar surface area (TPSA) is 66.0 Å². The molecule has 0 aliphatic heterocycles. The molecule has 0 spiro atoms. The average molecular weight is 268 g/mol. The van der Waals surface area contributed by atoms with Crippen molar-refractivity contribution in [1.29, 1.82) is 5.41 Å². The van der Waals surface area contributed by atoms with E-state index in [1.54, 1.807) is 0 Å². The Bertz CT molecular complexity index is 665. The first-order chi connectivity index (χ1) is 9.56. The molecule has 1 heterocycles. The van der Waals surface area contributed by atoms with Gasteiger partial charge >= 0.3 is 0 Å². The van der Waals surface area contributed by atoms with E-state index in [4.69, 9.17) is 16.1 Å². The highest BCUT2D eigenvalue weighted by molar-refractivity contribution is 6.02. The molecule has 3 N–H and O–H groups in total. The van der Waals surface area contributed by atoms with E-state index < -0.39 is 0 Å². The summed E-state index contributed by atoms with van der Waals surface area (Å²) >= 11 is 0. The number of anilines is 1. The summed E-state index contributed by atoms with van der Waals surface area (Å²) in [5.74, 6) is 2.44. The second-order valence-electron chi connectivity index (χ2n) is 5.82. The van der Waals surface area contributed by atoms with Crippen molar-refractivity contribution in [3.8, 4) is 0 Å². The van der Waals surface area contributed by atoms with Crippen LogP contribution in [0.15, 0.2) is 30.3 Å². The van der Waals surface area contributed by atoms with Crippen molar-refractivity contribution < 1.29 is 0 Å². The Morgan fingerprint density at radius 1 is 1.45 bits per heavy atom. The van der Waals surface area contributed by atoms with Crippen molar-refractivity contribution in [3.63, 3.8) is 0 Å². The monoisotopic (exact) mass is 268 g/mol. The fraction of sp³-hybridized carbons (Fsp3) is 0.375. The first-order valence-electron chi connectivity index (χ1n) is 7.01. The predicted molar refractivity (Wildman–Crippen MR) is 83.3 cm³/mol. The fourth-order valence-corrected chi connectivity index (χ4v) is 2.69. The molecule has 0 bridgehead atoms. The van der Waals surface area contributed by atoms with Crippen LogP contribution in [-0.2, 0) is 0 Å². The van der Waals surface area contributed by atoms with Crippen LogP contribution < -0.4 is 10.6 Å². The number of hydrogen-bond acceptors (Lipinski definition) is 3. The van der Waals surface area contributed by atoms with E-state index in [1.807, 2.05) is 37.4 Å². The molecule has 0 saturated heterocycles. The number of nitrogens with zero attached hydrogens (tertiary/aromatic N) is 2. The molecule has 0 radical (unpaired) electrons. The zero-order valence-electron chi connectivity index (χ0n) is 11.9. The maximum absolute atomic E-state index is 7.79. The Kier molecular flexibility index (Phi) is 3.08. The third-order valence-corrected chi connectivity index (χ3v) is 4.14. The van der Waals surface area contributed by atoms with E-state index in [0.717, 1.165) is 40.7 Å². The van der Waals surface area contributed by atoms with Crippen molar-refractivity contribution in [2.24, 2.45) is 17.6 Å². The van der Waals surface area contributed by atoms with Crippen molar-refractivity contribution in [2.75, 3.05) is 18.5 Å². The summed E-state index contributed by atoms with van der Waals surface area (Å²) in [7, 11) is 2.04. The molecule has 4 nitrogen and oxygen atoms in total. The Morgan fingerprint density at radius 2 is 2.15 bits per heavy atom. The molecule has 1 saturated carbocycles. The lowest BCUT2D eigenvalue weighted by Crippen LogP contribution is -2.26. The zero-order chi connectivity index (χ0) is 14.3. The van der Waals surface area contributed by atoms with E-state index >= 15 is 0 Å². The molecule has 4 heteroatoms. The highest BCUT2D eigenvalue weighted by atomic mass is 15.2. The summed E-state index contributed by atoms with van der Waals surface area (Å²) in [6.07, 6.45) is 1.29. The Morgan fingerprint density at radius 3 is 2.80 bits per heavy atom. The normalized spacial score (nSPS) is 20.9. The quantitative estimate of drug-likeness (QED) is 0.661. The summed E-state index contributed by atoms with van der Waals surface area (Å²) in [6, 6.07) is 9.92. The maximum Gasteiger partial charge on any atom is 0.140 e. The molecule has 1 fully saturated rings. The van der Waals surface area contributed by atoms with Gasteiger partial charge in [-0.2, -0.15) is 0 Å². The van der Waals surface area contributed by atoms with Gasteiger partial charge in [-0.05, 0) is 30.4 Å². The minimum Gasteiger partial charge on any atom is -0.384 e.